The number of aryl methyl sites for hydroxylation is 1. The van der Waals surface area contributed by atoms with Crippen LogP contribution in [-0.2, 0) is 0 Å². The minimum Gasteiger partial charge on any atom is -0.376 e. The molecule has 2 rings (SSSR count). The van der Waals surface area contributed by atoms with E-state index in [4.69, 9.17) is 23.2 Å². The molecule has 2 aromatic carbocycles. The summed E-state index contributed by atoms with van der Waals surface area (Å²) in [7, 11) is 0. The Morgan fingerprint density at radius 3 is 2.47 bits per heavy atom. The number of hydrogen-bond donors (Lipinski definition) is 1. The maximum atomic E-state index is 13.8. The van der Waals surface area contributed by atoms with Crippen LogP contribution in [-0.4, -0.2) is 0 Å². The van der Waals surface area contributed by atoms with Gasteiger partial charge in [-0.25, -0.2) is 4.39 Å². The van der Waals surface area contributed by atoms with Gasteiger partial charge in [-0.05, 0) is 43.2 Å². The summed E-state index contributed by atoms with van der Waals surface area (Å²) in [5.41, 5.74) is 2.34. The van der Waals surface area contributed by atoms with Gasteiger partial charge in [0.05, 0.1) is 15.7 Å². The first-order valence-electron chi connectivity index (χ1n) is 5.95. The maximum absolute atomic E-state index is 13.8. The Morgan fingerprint density at radius 1 is 1.11 bits per heavy atom. The molecule has 1 atom stereocenters. The highest BCUT2D eigenvalue weighted by Gasteiger charge is 2.11. The lowest BCUT2D eigenvalue weighted by atomic mass is 10.1. The molecule has 0 bridgehead atoms. The molecule has 0 heterocycles. The molecule has 1 unspecified atom stereocenters. The molecule has 0 amide bonds. The molecule has 100 valence electrons. The molecule has 1 nitrogen and oxygen atoms in total. The van der Waals surface area contributed by atoms with E-state index in [0.717, 1.165) is 11.1 Å². The van der Waals surface area contributed by atoms with E-state index in [2.05, 4.69) is 5.32 Å². The lowest BCUT2D eigenvalue weighted by Gasteiger charge is -2.18. The second-order valence-corrected chi connectivity index (χ2v) is 5.29. The van der Waals surface area contributed by atoms with Crippen LogP contribution in [0, 0.1) is 12.7 Å². The van der Waals surface area contributed by atoms with Crippen molar-refractivity contribution in [3.63, 3.8) is 0 Å². The minimum atomic E-state index is -0.257. The molecular weight excluding hydrogens is 284 g/mol. The van der Waals surface area contributed by atoms with Crippen molar-refractivity contribution in [3.05, 3.63) is 63.4 Å². The van der Waals surface area contributed by atoms with Crippen molar-refractivity contribution in [1.29, 1.82) is 0 Å². The monoisotopic (exact) mass is 297 g/mol. The van der Waals surface area contributed by atoms with Gasteiger partial charge in [0.15, 0.2) is 0 Å². The molecule has 0 radical (unpaired) electrons. The van der Waals surface area contributed by atoms with Crippen LogP contribution in [0.3, 0.4) is 0 Å². The summed E-state index contributed by atoms with van der Waals surface area (Å²) in [6, 6.07) is 10.3. The van der Waals surface area contributed by atoms with Gasteiger partial charge in [-0.15, -0.1) is 0 Å². The third-order valence-corrected chi connectivity index (χ3v) is 3.77. The molecule has 0 spiro atoms. The van der Waals surface area contributed by atoms with Gasteiger partial charge in [0, 0.05) is 6.04 Å². The van der Waals surface area contributed by atoms with Crippen molar-refractivity contribution < 1.29 is 4.39 Å². The van der Waals surface area contributed by atoms with E-state index >= 15 is 0 Å². The number of rotatable bonds is 3. The number of anilines is 1. The summed E-state index contributed by atoms with van der Waals surface area (Å²) in [6.45, 7) is 3.82. The minimum absolute atomic E-state index is 0.0645. The Kier molecular flexibility index (Phi) is 4.33. The van der Waals surface area contributed by atoms with Gasteiger partial charge in [-0.3, -0.25) is 0 Å². The Labute approximate surface area is 122 Å². The van der Waals surface area contributed by atoms with Gasteiger partial charge in [-0.2, -0.15) is 0 Å². The first kappa shape index (κ1) is 14.2. The fourth-order valence-electron chi connectivity index (χ4n) is 1.90. The second kappa shape index (κ2) is 5.81. The van der Waals surface area contributed by atoms with Crippen LogP contribution < -0.4 is 5.32 Å². The van der Waals surface area contributed by atoms with Crippen LogP contribution in [0.2, 0.25) is 10.0 Å². The molecule has 2 aromatic rings. The van der Waals surface area contributed by atoms with Crippen LogP contribution in [0.5, 0.6) is 0 Å². The molecule has 0 aliphatic carbocycles. The molecule has 0 saturated carbocycles. The maximum Gasteiger partial charge on any atom is 0.146 e. The van der Waals surface area contributed by atoms with Gasteiger partial charge in [0.1, 0.15) is 5.82 Å². The molecular formula is C15H14Cl2FN. The fourth-order valence-corrected chi connectivity index (χ4v) is 2.20. The average molecular weight is 298 g/mol. The smallest absolute Gasteiger partial charge is 0.146 e. The fraction of sp³-hybridized carbons (Fsp3) is 0.200. The Bertz CT molecular complexity index is 578. The summed E-state index contributed by atoms with van der Waals surface area (Å²) < 4.78 is 13.8. The zero-order chi connectivity index (χ0) is 14.0. The highest BCUT2D eigenvalue weighted by molar-refractivity contribution is 6.42. The third-order valence-electron chi connectivity index (χ3n) is 3.03. The first-order valence-corrected chi connectivity index (χ1v) is 6.71. The predicted octanol–water partition coefficient (Wildman–Crippen LogP) is 5.61. The molecule has 0 aromatic heterocycles. The van der Waals surface area contributed by atoms with E-state index in [9.17, 15) is 4.39 Å². The quantitative estimate of drug-likeness (QED) is 0.776. The zero-order valence-corrected chi connectivity index (χ0v) is 12.2. The first-order chi connectivity index (χ1) is 8.99. The van der Waals surface area contributed by atoms with Crippen molar-refractivity contribution in [1.82, 2.24) is 0 Å². The predicted molar refractivity (Wildman–Crippen MR) is 79.6 cm³/mol. The van der Waals surface area contributed by atoms with Crippen LogP contribution in [0.1, 0.15) is 24.1 Å². The van der Waals surface area contributed by atoms with Crippen molar-refractivity contribution in [2.45, 2.75) is 19.9 Å². The molecule has 19 heavy (non-hydrogen) atoms. The topological polar surface area (TPSA) is 12.0 Å². The van der Waals surface area contributed by atoms with Gasteiger partial charge in [-0.1, -0.05) is 41.4 Å². The standard InChI is InChI=1S/C15H14Cl2FN/c1-9-4-3-5-14(18)15(9)19-10(2)11-6-7-12(16)13(17)8-11/h3-8,10,19H,1-2H3. The normalized spacial score (nSPS) is 12.3. The molecule has 0 saturated heterocycles. The zero-order valence-electron chi connectivity index (χ0n) is 10.7. The lowest BCUT2D eigenvalue weighted by Crippen LogP contribution is -2.09. The molecule has 4 heteroatoms. The van der Waals surface area contributed by atoms with E-state index in [1.807, 2.05) is 26.0 Å². The van der Waals surface area contributed by atoms with E-state index in [-0.39, 0.29) is 11.9 Å². The largest absolute Gasteiger partial charge is 0.376 e. The van der Waals surface area contributed by atoms with Crippen LogP contribution in [0.4, 0.5) is 10.1 Å². The summed E-state index contributed by atoms with van der Waals surface area (Å²) in [4.78, 5) is 0. The average Bonchev–Trinajstić information content (AvgIpc) is 2.37. The summed E-state index contributed by atoms with van der Waals surface area (Å²) in [6.07, 6.45) is 0. The van der Waals surface area contributed by atoms with E-state index in [1.165, 1.54) is 6.07 Å². The molecule has 0 fully saturated rings. The highest BCUT2D eigenvalue weighted by Crippen LogP contribution is 2.29. The van der Waals surface area contributed by atoms with Crippen molar-refractivity contribution in [3.8, 4) is 0 Å². The summed E-state index contributed by atoms with van der Waals surface area (Å²) >= 11 is 11.9. The van der Waals surface area contributed by atoms with Crippen LogP contribution >= 0.6 is 23.2 Å². The van der Waals surface area contributed by atoms with Gasteiger partial charge in [0.2, 0.25) is 0 Å². The van der Waals surface area contributed by atoms with E-state index in [1.54, 1.807) is 18.2 Å². The number of para-hydroxylation sites is 1. The number of nitrogens with one attached hydrogen (secondary N) is 1. The summed E-state index contributed by atoms with van der Waals surface area (Å²) in [5, 5.41) is 4.18. The molecule has 0 aliphatic rings. The number of halogens is 3. The van der Waals surface area contributed by atoms with Crippen molar-refractivity contribution >= 4 is 28.9 Å². The number of hydrogen-bond acceptors (Lipinski definition) is 1. The highest BCUT2D eigenvalue weighted by atomic mass is 35.5. The van der Waals surface area contributed by atoms with Crippen LogP contribution in [0.15, 0.2) is 36.4 Å². The van der Waals surface area contributed by atoms with Crippen molar-refractivity contribution in [2.75, 3.05) is 5.32 Å². The Hall–Kier alpha value is -1.25. The Balaban J connectivity index is 2.25. The van der Waals surface area contributed by atoms with E-state index in [0.29, 0.717) is 15.7 Å². The Morgan fingerprint density at radius 2 is 1.84 bits per heavy atom. The van der Waals surface area contributed by atoms with E-state index < -0.39 is 0 Å². The van der Waals surface area contributed by atoms with Gasteiger partial charge >= 0.3 is 0 Å². The van der Waals surface area contributed by atoms with Gasteiger partial charge < -0.3 is 5.32 Å². The SMILES string of the molecule is Cc1cccc(F)c1NC(C)c1ccc(Cl)c(Cl)c1. The lowest BCUT2D eigenvalue weighted by molar-refractivity contribution is 0.626. The molecule has 0 aliphatic heterocycles. The third kappa shape index (κ3) is 3.20. The summed E-state index contributed by atoms with van der Waals surface area (Å²) in [5.74, 6) is -0.257. The van der Waals surface area contributed by atoms with Gasteiger partial charge in [0.25, 0.3) is 0 Å². The van der Waals surface area contributed by atoms with Crippen molar-refractivity contribution in [2.24, 2.45) is 0 Å². The van der Waals surface area contributed by atoms with Crippen LogP contribution in [0.25, 0.3) is 0 Å². The second-order valence-electron chi connectivity index (χ2n) is 4.47. The molecule has 1 N–H and O–H groups in total. The number of benzene rings is 2.